The second-order valence-corrected chi connectivity index (χ2v) is 4.88. The molecule has 1 saturated carbocycles. The van der Waals surface area contributed by atoms with Crippen molar-refractivity contribution in [3.05, 3.63) is 35.9 Å². The van der Waals surface area contributed by atoms with Gasteiger partial charge in [0.1, 0.15) is 6.54 Å². The monoisotopic (exact) mass is 271 g/mol. The highest BCUT2D eigenvalue weighted by atomic mass is 16.4. The van der Waals surface area contributed by atoms with Gasteiger partial charge in [-0.05, 0) is 25.0 Å². The Bertz CT molecular complexity index is 536. The molecule has 1 amide bonds. The van der Waals surface area contributed by atoms with E-state index >= 15 is 0 Å². The Labute approximate surface area is 118 Å². The zero-order chi connectivity index (χ0) is 14.4. The second kappa shape index (κ2) is 6.76. The summed E-state index contributed by atoms with van der Waals surface area (Å²) in [5.41, 5.74) is 0.752. The topological polar surface area (TPSA) is 57.6 Å². The Kier molecular flexibility index (Phi) is 4.78. The highest BCUT2D eigenvalue weighted by Crippen LogP contribution is 2.23. The van der Waals surface area contributed by atoms with Crippen LogP contribution in [-0.2, 0) is 9.59 Å². The van der Waals surface area contributed by atoms with E-state index in [1.165, 1.54) is 4.90 Å². The van der Waals surface area contributed by atoms with Crippen LogP contribution >= 0.6 is 0 Å². The van der Waals surface area contributed by atoms with Gasteiger partial charge in [-0.3, -0.25) is 9.59 Å². The molecule has 20 heavy (non-hydrogen) atoms. The van der Waals surface area contributed by atoms with Gasteiger partial charge in [-0.1, -0.05) is 37.0 Å². The number of nitrogens with zero attached hydrogens (tertiary/aromatic N) is 1. The molecule has 0 bridgehead atoms. The van der Waals surface area contributed by atoms with Gasteiger partial charge in [-0.2, -0.15) is 0 Å². The zero-order valence-corrected chi connectivity index (χ0v) is 11.2. The number of aliphatic carboxylic acids is 1. The Morgan fingerprint density at radius 1 is 1.20 bits per heavy atom. The second-order valence-electron chi connectivity index (χ2n) is 4.88. The first-order valence-corrected chi connectivity index (χ1v) is 6.76. The van der Waals surface area contributed by atoms with Crippen molar-refractivity contribution in [2.75, 3.05) is 6.54 Å². The molecule has 104 valence electrons. The lowest BCUT2D eigenvalue weighted by molar-refractivity contribution is -0.143. The molecule has 4 nitrogen and oxygen atoms in total. The van der Waals surface area contributed by atoms with E-state index in [0.29, 0.717) is 0 Å². The van der Waals surface area contributed by atoms with Crippen molar-refractivity contribution in [1.29, 1.82) is 0 Å². The molecule has 1 aliphatic rings. The molecule has 1 N–H and O–H groups in total. The molecule has 0 heterocycles. The molecule has 0 saturated heterocycles. The first-order chi connectivity index (χ1) is 9.66. The SMILES string of the molecule is O=C(O)CN(C(=O)C#Cc1ccccc1)C1CCCC1. The van der Waals surface area contributed by atoms with Gasteiger partial charge < -0.3 is 10.0 Å². The number of hydrogen-bond donors (Lipinski definition) is 1. The molecule has 0 unspecified atom stereocenters. The molecule has 1 aromatic rings. The fraction of sp³-hybridized carbons (Fsp3) is 0.375. The largest absolute Gasteiger partial charge is 0.480 e. The number of benzene rings is 1. The van der Waals surface area contributed by atoms with Crippen LogP contribution in [0.2, 0.25) is 0 Å². The first kappa shape index (κ1) is 14.1. The summed E-state index contributed by atoms with van der Waals surface area (Å²) in [6.45, 7) is -0.271. The van der Waals surface area contributed by atoms with Gasteiger partial charge in [-0.25, -0.2) is 0 Å². The van der Waals surface area contributed by atoms with Crippen LogP contribution in [-0.4, -0.2) is 34.5 Å². The van der Waals surface area contributed by atoms with Gasteiger partial charge in [0.2, 0.25) is 0 Å². The van der Waals surface area contributed by atoms with Crippen molar-refractivity contribution in [1.82, 2.24) is 4.90 Å². The van der Waals surface area contributed by atoms with Gasteiger partial charge in [0.15, 0.2) is 0 Å². The quantitative estimate of drug-likeness (QED) is 0.854. The van der Waals surface area contributed by atoms with Crippen molar-refractivity contribution in [2.24, 2.45) is 0 Å². The number of carbonyl (C=O) groups is 2. The third kappa shape index (κ3) is 3.86. The number of carboxylic acid groups (broad SMARTS) is 1. The van der Waals surface area contributed by atoms with Gasteiger partial charge in [0, 0.05) is 17.5 Å². The van der Waals surface area contributed by atoms with Crippen LogP contribution in [0.5, 0.6) is 0 Å². The highest BCUT2D eigenvalue weighted by molar-refractivity contribution is 5.96. The maximum Gasteiger partial charge on any atom is 0.323 e. The van der Waals surface area contributed by atoms with E-state index in [4.69, 9.17) is 5.11 Å². The molecule has 4 heteroatoms. The predicted molar refractivity (Wildman–Crippen MR) is 74.9 cm³/mol. The summed E-state index contributed by atoms with van der Waals surface area (Å²) in [6.07, 6.45) is 3.82. The number of carboxylic acids is 1. The normalized spacial score (nSPS) is 14.4. The Hall–Kier alpha value is -2.28. The van der Waals surface area contributed by atoms with Crippen LogP contribution in [0, 0.1) is 11.8 Å². The number of carbonyl (C=O) groups excluding carboxylic acids is 1. The van der Waals surface area contributed by atoms with Gasteiger partial charge in [-0.15, -0.1) is 0 Å². The molecule has 2 rings (SSSR count). The molecule has 0 atom stereocenters. The fourth-order valence-corrected chi connectivity index (χ4v) is 2.45. The maximum absolute atomic E-state index is 12.1. The predicted octanol–water partition coefficient (Wildman–Crippen LogP) is 1.89. The third-order valence-corrected chi connectivity index (χ3v) is 3.42. The van der Waals surface area contributed by atoms with Crippen molar-refractivity contribution >= 4 is 11.9 Å². The molecule has 0 aromatic heterocycles. The summed E-state index contributed by atoms with van der Waals surface area (Å²) in [5, 5.41) is 8.94. The Morgan fingerprint density at radius 2 is 1.85 bits per heavy atom. The summed E-state index contributed by atoms with van der Waals surface area (Å²) < 4.78 is 0. The summed E-state index contributed by atoms with van der Waals surface area (Å²) in [4.78, 5) is 24.4. The third-order valence-electron chi connectivity index (χ3n) is 3.42. The lowest BCUT2D eigenvalue weighted by atomic mass is 10.2. The van der Waals surface area contributed by atoms with Gasteiger partial charge >= 0.3 is 5.97 Å². The molecule has 0 spiro atoms. The number of amides is 1. The van der Waals surface area contributed by atoms with E-state index in [1.54, 1.807) is 0 Å². The molecular formula is C16H17NO3. The number of hydrogen-bond acceptors (Lipinski definition) is 2. The van der Waals surface area contributed by atoms with Crippen LogP contribution < -0.4 is 0 Å². The van der Waals surface area contributed by atoms with Crippen LogP contribution in [0.15, 0.2) is 30.3 Å². The van der Waals surface area contributed by atoms with Crippen molar-refractivity contribution in [2.45, 2.75) is 31.7 Å². The first-order valence-electron chi connectivity index (χ1n) is 6.76. The molecule has 1 aromatic carbocycles. The van der Waals surface area contributed by atoms with Gasteiger partial charge in [0.05, 0.1) is 0 Å². The van der Waals surface area contributed by atoms with E-state index < -0.39 is 11.9 Å². The minimum Gasteiger partial charge on any atom is -0.480 e. The van der Waals surface area contributed by atoms with Crippen LogP contribution in [0.3, 0.4) is 0 Å². The molecule has 1 aliphatic carbocycles. The minimum atomic E-state index is -0.994. The van der Waals surface area contributed by atoms with E-state index in [0.717, 1.165) is 31.2 Å². The van der Waals surface area contributed by atoms with E-state index in [9.17, 15) is 9.59 Å². The van der Waals surface area contributed by atoms with E-state index in [1.807, 2.05) is 30.3 Å². The van der Waals surface area contributed by atoms with Crippen LogP contribution in [0.4, 0.5) is 0 Å². The van der Waals surface area contributed by atoms with Crippen molar-refractivity contribution < 1.29 is 14.7 Å². The van der Waals surface area contributed by atoms with E-state index in [-0.39, 0.29) is 12.6 Å². The molecular weight excluding hydrogens is 254 g/mol. The zero-order valence-electron chi connectivity index (χ0n) is 11.2. The van der Waals surface area contributed by atoms with Crippen molar-refractivity contribution in [3.63, 3.8) is 0 Å². The summed E-state index contributed by atoms with van der Waals surface area (Å²) in [7, 11) is 0. The summed E-state index contributed by atoms with van der Waals surface area (Å²) >= 11 is 0. The fourth-order valence-electron chi connectivity index (χ4n) is 2.45. The lowest BCUT2D eigenvalue weighted by Crippen LogP contribution is -2.41. The standard InChI is InChI=1S/C16H17NO3/c18-15(11-10-13-6-2-1-3-7-13)17(12-16(19)20)14-8-4-5-9-14/h1-3,6-7,14H,4-5,8-9,12H2,(H,19,20). The Morgan fingerprint density at radius 3 is 2.45 bits per heavy atom. The van der Waals surface area contributed by atoms with Crippen LogP contribution in [0.25, 0.3) is 0 Å². The lowest BCUT2D eigenvalue weighted by Gasteiger charge is -2.24. The minimum absolute atomic E-state index is 0.0173. The van der Waals surface area contributed by atoms with Gasteiger partial charge in [0.25, 0.3) is 5.91 Å². The average Bonchev–Trinajstić information content (AvgIpc) is 2.97. The smallest absolute Gasteiger partial charge is 0.323 e. The highest BCUT2D eigenvalue weighted by Gasteiger charge is 2.27. The summed E-state index contributed by atoms with van der Waals surface area (Å²) in [6, 6.07) is 9.22. The van der Waals surface area contributed by atoms with Crippen LogP contribution in [0.1, 0.15) is 31.2 Å². The molecule has 0 radical (unpaired) electrons. The molecule has 0 aliphatic heterocycles. The van der Waals surface area contributed by atoms with E-state index in [2.05, 4.69) is 11.8 Å². The number of rotatable bonds is 3. The average molecular weight is 271 g/mol. The molecule has 1 fully saturated rings. The maximum atomic E-state index is 12.1. The summed E-state index contributed by atoms with van der Waals surface area (Å²) in [5.74, 6) is 3.95. The Balaban J connectivity index is 2.10. The van der Waals surface area contributed by atoms with Crippen molar-refractivity contribution in [3.8, 4) is 11.8 Å².